The zero-order chi connectivity index (χ0) is 24.2. The van der Waals surface area contributed by atoms with E-state index < -0.39 is 6.04 Å². The third-order valence-electron chi connectivity index (χ3n) is 5.52. The maximum Gasteiger partial charge on any atom is 0.243 e. The molecule has 1 N–H and O–H groups in total. The summed E-state index contributed by atoms with van der Waals surface area (Å²) < 4.78 is 10.9. The largest absolute Gasteiger partial charge is 0.497 e. The predicted octanol–water partition coefficient (Wildman–Crippen LogP) is 5.23. The van der Waals surface area contributed by atoms with Crippen molar-refractivity contribution in [3.8, 4) is 11.5 Å². The van der Waals surface area contributed by atoms with Crippen LogP contribution in [0.15, 0.2) is 48.5 Å². The lowest BCUT2D eigenvalue weighted by Gasteiger charge is -2.31. The average molecular weight is 475 g/mol. The molecule has 0 saturated carbocycles. The van der Waals surface area contributed by atoms with Gasteiger partial charge in [0.05, 0.1) is 13.7 Å². The van der Waals surface area contributed by atoms with Crippen molar-refractivity contribution in [2.24, 2.45) is 0 Å². The second-order valence-corrected chi connectivity index (χ2v) is 8.45. The van der Waals surface area contributed by atoms with E-state index in [9.17, 15) is 9.59 Å². The molecule has 6 nitrogen and oxygen atoms in total. The molecule has 0 fully saturated rings. The molecule has 2 atom stereocenters. The summed E-state index contributed by atoms with van der Waals surface area (Å²) in [7, 11) is 1.62. The maximum absolute atomic E-state index is 13.2. The second-order valence-electron chi connectivity index (χ2n) is 8.02. The number of carbonyl (C=O) groups is 2. The van der Waals surface area contributed by atoms with Crippen molar-refractivity contribution in [2.45, 2.75) is 65.1 Å². The molecule has 2 rings (SSSR count). The number of hydrogen-bond acceptors (Lipinski definition) is 4. The molecule has 0 aromatic heterocycles. The van der Waals surface area contributed by atoms with Gasteiger partial charge in [-0.2, -0.15) is 0 Å². The van der Waals surface area contributed by atoms with E-state index in [-0.39, 0.29) is 24.3 Å². The number of rotatable bonds is 13. The van der Waals surface area contributed by atoms with Gasteiger partial charge in [0.2, 0.25) is 11.8 Å². The molecule has 2 aromatic rings. The molecule has 180 valence electrons. The van der Waals surface area contributed by atoms with Crippen LogP contribution >= 0.6 is 11.6 Å². The van der Waals surface area contributed by atoms with Gasteiger partial charge in [0, 0.05) is 24.0 Å². The van der Waals surface area contributed by atoms with Crippen LogP contribution in [0.3, 0.4) is 0 Å². The number of amides is 2. The molecule has 0 aliphatic heterocycles. The molecule has 2 amide bonds. The number of nitrogens with one attached hydrogen (secondary N) is 1. The number of methoxy groups -OCH3 is 1. The first-order valence-electron chi connectivity index (χ1n) is 11.5. The maximum atomic E-state index is 13.2. The molecule has 0 spiro atoms. The van der Waals surface area contributed by atoms with E-state index in [1.807, 2.05) is 57.2 Å². The van der Waals surface area contributed by atoms with Gasteiger partial charge in [-0.25, -0.2) is 0 Å². The number of halogens is 1. The van der Waals surface area contributed by atoms with E-state index in [1.54, 1.807) is 24.1 Å². The van der Waals surface area contributed by atoms with Gasteiger partial charge in [-0.3, -0.25) is 9.59 Å². The zero-order valence-electron chi connectivity index (χ0n) is 20.0. The predicted molar refractivity (Wildman–Crippen MR) is 132 cm³/mol. The van der Waals surface area contributed by atoms with Crippen molar-refractivity contribution >= 4 is 23.4 Å². The third kappa shape index (κ3) is 8.61. The Morgan fingerprint density at radius 2 is 1.64 bits per heavy atom. The standard InChI is InChI=1S/C26H35ClN2O4/c1-5-19(3)28-26(31)24(6-2)29(18-20-9-11-21(27)12-10-20)25(30)8-7-17-33-23-15-13-22(32-4)14-16-23/h9-16,19,24H,5-8,17-18H2,1-4H3,(H,28,31). The van der Waals surface area contributed by atoms with Crippen LogP contribution in [-0.4, -0.2) is 42.5 Å². The van der Waals surface area contributed by atoms with E-state index >= 15 is 0 Å². The quantitative estimate of drug-likeness (QED) is 0.403. The number of benzene rings is 2. The zero-order valence-corrected chi connectivity index (χ0v) is 20.7. The van der Waals surface area contributed by atoms with Crippen molar-refractivity contribution in [2.75, 3.05) is 13.7 Å². The summed E-state index contributed by atoms with van der Waals surface area (Å²) in [6, 6.07) is 14.2. The summed E-state index contributed by atoms with van der Waals surface area (Å²) in [6.45, 7) is 6.66. The highest BCUT2D eigenvalue weighted by molar-refractivity contribution is 6.30. The Hall–Kier alpha value is -2.73. The minimum absolute atomic E-state index is 0.0527. The van der Waals surface area contributed by atoms with Crippen LogP contribution in [0.5, 0.6) is 11.5 Å². The van der Waals surface area contributed by atoms with E-state index in [1.165, 1.54) is 0 Å². The van der Waals surface area contributed by atoms with Crippen molar-refractivity contribution < 1.29 is 19.1 Å². The molecular formula is C26H35ClN2O4. The Morgan fingerprint density at radius 3 is 2.21 bits per heavy atom. The van der Waals surface area contributed by atoms with Gasteiger partial charge in [0.15, 0.2) is 0 Å². The Balaban J connectivity index is 2.04. The SMILES string of the molecule is CCC(C)NC(=O)C(CC)N(Cc1ccc(Cl)cc1)C(=O)CCCOc1ccc(OC)cc1. The minimum atomic E-state index is -0.537. The lowest BCUT2D eigenvalue weighted by Crippen LogP contribution is -2.50. The summed E-state index contributed by atoms with van der Waals surface area (Å²) in [5.41, 5.74) is 0.928. The van der Waals surface area contributed by atoms with Crippen LogP contribution in [-0.2, 0) is 16.1 Å². The smallest absolute Gasteiger partial charge is 0.243 e. The van der Waals surface area contributed by atoms with Crippen molar-refractivity contribution in [1.82, 2.24) is 10.2 Å². The summed E-state index contributed by atoms with van der Waals surface area (Å²) in [5, 5.41) is 3.65. The highest BCUT2D eigenvalue weighted by Gasteiger charge is 2.28. The van der Waals surface area contributed by atoms with Crippen molar-refractivity contribution in [1.29, 1.82) is 0 Å². The third-order valence-corrected chi connectivity index (χ3v) is 5.77. The Morgan fingerprint density at radius 1 is 1.00 bits per heavy atom. The number of ether oxygens (including phenoxy) is 2. The average Bonchev–Trinajstić information content (AvgIpc) is 2.83. The van der Waals surface area contributed by atoms with Gasteiger partial charge in [0.1, 0.15) is 17.5 Å². The number of nitrogens with zero attached hydrogens (tertiary/aromatic N) is 1. The molecule has 2 unspecified atom stereocenters. The van der Waals surface area contributed by atoms with Gasteiger partial charge >= 0.3 is 0 Å². The van der Waals surface area contributed by atoms with E-state index in [0.29, 0.717) is 31.0 Å². The molecule has 0 radical (unpaired) electrons. The molecule has 0 aliphatic rings. The Kier molecular flexibility index (Phi) is 11.0. The molecule has 0 aliphatic carbocycles. The van der Waals surface area contributed by atoms with Crippen molar-refractivity contribution in [3.63, 3.8) is 0 Å². The minimum Gasteiger partial charge on any atom is -0.497 e. The highest BCUT2D eigenvalue weighted by atomic mass is 35.5. The van der Waals surface area contributed by atoms with E-state index in [0.717, 1.165) is 23.5 Å². The molecule has 7 heteroatoms. The van der Waals surface area contributed by atoms with Gasteiger partial charge in [-0.15, -0.1) is 0 Å². The van der Waals surface area contributed by atoms with Gasteiger partial charge in [-0.05, 0) is 68.1 Å². The van der Waals surface area contributed by atoms with Crippen LogP contribution < -0.4 is 14.8 Å². The fourth-order valence-corrected chi connectivity index (χ4v) is 3.50. The van der Waals surface area contributed by atoms with E-state index in [2.05, 4.69) is 5.32 Å². The van der Waals surface area contributed by atoms with Crippen LogP contribution in [0.2, 0.25) is 5.02 Å². The molecule has 2 aromatic carbocycles. The molecule has 0 bridgehead atoms. The molecule has 0 heterocycles. The lowest BCUT2D eigenvalue weighted by atomic mass is 10.1. The van der Waals surface area contributed by atoms with Gasteiger partial charge in [0.25, 0.3) is 0 Å². The number of carbonyl (C=O) groups excluding carboxylic acids is 2. The lowest BCUT2D eigenvalue weighted by molar-refractivity contribution is -0.141. The monoisotopic (exact) mass is 474 g/mol. The van der Waals surface area contributed by atoms with Crippen LogP contribution in [0.4, 0.5) is 0 Å². The molecular weight excluding hydrogens is 440 g/mol. The first-order valence-corrected chi connectivity index (χ1v) is 11.9. The fraction of sp³-hybridized carbons (Fsp3) is 0.462. The summed E-state index contributed by atoms with van der Waals surface area (Å²) in [5.74, 6) is 1.29. The first kappa shape index (κ1) is 26.5. The fourth-order valence-electron chi connectivity index (χ4n) is 3.38. The summed E-state index contributed by atoms with van der Waals surface area (Å²) >= 11 is 6.01. The summed E-state index contributed by atoms with van der Waals surface area (Å²) in [6.07, 6.45) is 2.20. The van der Waals surface area contributed by atoms with Crippen LogP contribution in [0.1, 0.15) is 52.0 Å². The van der Waals surface area contributed by atoms with Gasteiger partial charge in [-0.1, -0.05) is 37.6 Å². The topological polar surface area (TPSA) is 67.9 Å². The molecule has 0 saturated heterocycles. The Labute approximate surface area is 202 Å². The van der Waals surface area contributed by atoms with Crippen molar-refractivity contribution in [3.05, 3.63) is 59.1 Å². The molecule has 33 heavy (non-hydrogen) atoms. The normalized spacial score (nSPS) is 12.5. The van der Waals surface area contributed by atoms with Crippen LogP contribution in [0, 0.1) is 0 Å². The second kappa shape index (κ2) is 13.7. The Bertz CT molecular complexity index is 871. The van der Waals surface area contributed by atoms with E-state index in [4.69, 9.17) is 21.1 Å². The first-order chi connectivity index (χ1) is 15.9. The highest BCUT2D eigenvalue weighted by Crippen LogP contribution is 2.19. The number of hydrogen-bond donors (Lipinski definition) is 1. The van der Waals surface area contributed by atoms with Gasteiger partial charge < -0.3 is 19.7 Å². The van der Waals surface area contributed by atoms with Crippen LogP contribution in [0.25, 0.3) is 0 Å². The summed E-state index contributed by atoms with van der Waals surface area (Å²) in [4.78, 5) is 27.8.